The molecule has 0 spiro atoms. The van der Waals surface area contributed by atoms with Gasteiger partial charge < -0.3 is 0 Å². The van der Waals surface area contributed by atoms with Crippen molar-refractivity contribution in [3.8, 4) is 22.6 Å². The number of fused-ring (bicyclic) bond motifs is 1. The molecule has 2 aromatic carbocycles. The molecule has 0 fully saturated rings. The molecule has 0 atom stereocenters. The lowest BCUT2D eigenvalue weighted by atomic mass is 10.0. The van der Waals surface area contributed by atoms with Gasteiger partial charge in [-0.1, -0.05) is 30.3 Å². The average Bonchev–Trinajstić information content (AvgIpc) is 3.12. The Hall–Kier alpha value is -3.57. The van der Waals surface area contributed by atoms with E-state index in [1.54, 1.807) is 0 Å². The molecular formula is C21H10F9N3. The number of benzene rings is 2. The molecule has 3 nitrogen and oxygen atoms in total. The Kier molecular flexibility index (Phi) is 5.14. The Bertz CT molecular complexity index is 1310. The highest BCUT2D eigenvalue weighted by molar-refractivity contribution is 5.84. The van der Waals surface area contributed by atoms with Crippen molar-refractivity contribution in [2.45, 2.75) is 18.7 Å². The molecule has 0 unspecified atom stereocenters. The number of rotatable bonds is 2. The van der Waals surface area contributed by atoms with Crippen LogP contribution in [0, 0.1) is 0 Å². The fourth-order valence-electron chi connectivity index (χ4n) is 3.42. The van der Waals surface area contributed by atoms with Crippen LogP contribution in [-0.4, -0.2) is 14.5 Å². The van der Waals surface area contributed by atoms with Crippen LogP contribution in [-0.2, 0) is 18.7 Å². The van der Waals surface area contributed by atoms with Gasteiger partial charge in [0.15, 0.2) is 0 Å². The average molecular weight is 475 g/mol. The van der Waals surface area contributed by atoms with Crippen LogP contribution in [0.5, 0.6) is 0 Å². The van der Waals surface area contributed by atoms with Crippen LogP contribution in [0.3, 0.4) is 0 Å². The number of hydrogen-bond donors (Lipinski definition) is 0. The highest BCUT2D eigenvalue weighted by Crippen LogP contribution is 2.41. The molecule has 33 heavy (non-hydrogen) atoms. The largest absolute Gasteiger partial charge is 0.490 e. The second-order valence-corrected chi connectivity index (χ2v) is 6.88. The molecule has 0 aliphatic heterocycles. The van der Waals surface area contributed by atoms with Crippen LogP contribution in [0.2, 0.25) is 0 Å². The van der Waals surface area contributed by atoms with Crippen molar-refractivity contribution in [3.63, 3.8) is 0 Å². The number of imidazole rings is 1. The third kappa shape index (κ3) is 4.12. The summed E-state index contributed by atoms with van der Waals surface area (Å²) >= 11 is 0. The van der Waals surface area contributed by atoms with E-state index in [0.717, 1.165) is 54.7 Å². The lowest BCUT2D eigenvalue weighted by Gasteiger charge is -2.14. The van der Waals surface area contributed by atoms with Gasteiger partial charge >= 0.3 is 18.7 Å². The molecule has 0 saturated carbocycles. The molecule has 0 aliphatic carbocycles. The van der Waals surface area contributed by atoms with Gasteiger partial charge in [0, 0.05) is 17.3 Å². The Morgan fingerprint density at radius 2 is 1.21 bits per heavy atom. The molecule has 0 N–H and O–H groups in total. The van der Waals surface area contributed by atoms with Gasteiger partial charge in [0.2, 0.25) is 0 Å². The zero-order chi connectivity index (χ0) is 24.2. The number of pyridine rings is 1. The Morgan fingerprint density at radius 1 is 0.636 bits per heavy atom. The van der Waals surface area contributed by atoms with E-state index in [0.29, 0.717) is 6.07 Å². The first kappa shape index (κ1) is 22.6. The molecule has 0 aliphatic rings. The summed E-state index contributed by atoms with van der Waals surface area (Å²) in [5.41, 5.74) is -4.83. The van der Waals surface area contributed by atoms with Gasteiger partial charge in [-0.25, -0.2) is 9.55 Å². The van der Waals surface area contributed by atoms with E-state index in [-0.39, 0.29) is 15.7 Å². The van der Waals surface area contributed by atoms with Crippen LogP contribution < -0.4 is 0 Å². The SMILES string of the molecule is FC(F)(F)c1cccnc1-c1ccc(-c2nc3c(C(F)(F)F)cccc3n2C(F)(F)F)cc1. The van der Waals surface area contributed by atoms with Gasteiger partial charge in [-0.2, -0.15) is 26.3 Å². The van der Waals surface area contributed by atoms with E-state index in [2.05, 4.69) is 9.97 Å². The quantitative estimate of drug-likeness (QED) is 0.285. The summed E-state index contributed by atoms with van der Waals surface area (Å²) in [7, 11) is 0. The van der Waals surface area contributed by atoms with Crippen LogP contribution in [0.25, 0.3) is 33.7 Å². The Morgan fingerprint density at radius 3 is 1.79 bits per heavy atom. The lowest BCUT2D eigenvalue weighted by molar-refractivity contribution is -0.199. The minimum Gasteiger partial charge on any atom is -0.256 e. The minimum atomic E-state index is -5.11. The summed E-state index contributed by atoms with van der Waals surface area (Å²) < 4.78 is 121. The maximum Gasteiger partial charge on any atom is 0.490 e. The molecular weight excluding hydrogens is 465 g/mol. The fraction of sp³-hybridized carbons (Fsp3) is 0.143. The highest BCUT2D eigenvalue weighted by atomic mass is 19.4. The number of hydrogen-bond acceptors (Lipinski definition) is 2. The molecule has 2 heterocycles. The van der Waals surface area contributed by atoms with Gasteiger partial charge in [0.1, 0.15) is 11.3 Å². The van der Waals surface area contributed by atoms with E-state index >= 15 is 0 Å². The minimum absolute atomic E-state index is 0.0441. The molecule has 4 aromatic rings. The van der Waals surface area contributed by atoms with E-state index < -0.39 is 52.3 Å². The molecule has 0 saturated heterocycles. The van der Waals surface area contributed by atoms with Crippen LogP contribution in [0.15, 0.2) is 60.8 Å². The zero-order valence-electron chi connectivity index (χ0n) is 16.0. The third-order valence-corrected chi connectivity index (χ3v) is 4.77. The van der Waals surface area contributed by atoms with Crippen molar-refractivity contribution in [1.29, 1.82) is 0 Å². The summed E-state index contributed by atoms with van der Waals surface area (Å²) in [5.74, 6) is -0.835. The number of alkyl halides is 9. The Labute approximate surface area is 179 Å². The second-order valence-electron chi connectivity index (χ2n) is 6.88. The number of halogens is 9. The van der Waals surface area contributed by atoms with E-state index in [9.17, 15) is 39.5 Å². The molecule has 2 aromatic heterocycles. The maximum absolute atomic E-state index is 13.8. The summed E-state index contributed by atoms with van der Waals surface area (Å²) in [5, 5.41) is 0. The number of nitrogens with zero attached hydrogens (tertiary/aromatic N) is 3. The Balaban J connectivity index is 1.89. The maximum atomic E-state index is 13.8. The number of para-hydroxylation sites is 1. The van der Waals surface area contributed by atoms with Crippen molar-refractivity contribution in [3.05, 3.63) is 71.9 Å². The van der Waals surface area contributed by atoms with Crippen molar-refractivity contribution in [1.82, 2.24) is 14.5 Å². The molecule has 4 rings (SSSR count). The standard InChI is InChI=1S/C21H10F9N3/c22-19(23,24)13-4-2-10-31-16(13)11-6-8-12(9-7-11)18-32-17-14(20(25,26)27)3-1-5-15(17)33(18)21(28,29)30/h1-10H. The smallest absolute Gasteiger partial charge is 0.256 e. The van der Waals surface area contributed by atoms with E-state index in [1.165, 1.54) is 0 Å². The third-order valence-electron chi connectivity index (χ3n) is 4.77. The molecule has 0 radical (unpaired) electrons. The highest BCUT2D eigenvalue weighted by Gasteiger charge is 2.40. The fourth-order valence-corrected chi connectivity index (χ4v) is 3.42. The van der Waals surface area contributed by atoms with E-state index in [1.807, 2.05) is 0 Å². The van der Waals surface area contributed by atoms with Gasteiger partial charge in [-0.15, -0.1) is 13.2 Å². The summed E-state index contributed by atoms with van der Waals surface area (Å²) in [4.78, 5) is 7.30. The van der Waals surface area contributed by atoms with Crippen LogP contribution >= 0.6 is 0 Å². The monoisotopic (exact) mass is 475 g/mol. The lowest BCUT2D eigenvalue weighted by Crippen LogP contribution is -2.18. The second kappa shape index (κ2) is 7.49. The molecule has 0 amide bonds. The first-order chi connectivity index (χ1) is 15.3. The molecule has 12 heteroatoms. The summed E-state index contributed by atoms with van der Waals surface area (Å²) in [6.07, 6.45) is -13.7. The van der Waals surface area contributed by atoms with Crippen LogP contribution in [0.4, 0.5) is 39.5 Å². The van der Waals surface area contributed by atoms with E-state index in [4.69, 9.17) is 0 Å². The van der Waals surface area contributed by atoms with Gasteiger partial charge in [0.05, 0.1) is 22.3 Å². The summed E-state index contributed by atoms with van der Waals surface area (Å²) in [6.45, 7) is 0. The molecule has 0 bridgehead atoms. The first-order valence-electron chi connectivity index (χ1n) is 9.07. The molecule has 172 valence electrons. The normalized spacial score (nSPS) is 13.0. The zero-order valence-corrected chi connectivity index (χ0v) is 16.0. The summed E-state index contributed by atoms with van der Waals surface area (Å²) in [6, 6.07) is 8.47. The predicted molar refractivity (Wildman–Crippen MR) is 99.7 cm³/mol. The van der Waals surface area contributed by atoms with Crippen LogP contribution in [0.1, 0.15) is 11.1 Å². The van der Waals surface area contributed by atoms with Gasteiger partial charge in [-0.05, 0) is 24.3 Å². The topological polar surface area (TPSA) is 30.7 Å². The van der Waals surface area contributed by atoms with Gasteiger partial charge in [0.25, 0.3) is 0 Å². The van der Waals surface area contributed by atoms with Crippen molar-refractivity contribution in [2.24, 2.45) is 0 Å². The van der Waals surface area contributed by atoms with Crippen molar-refractivity contribution in [2.75, 3.05) is 0 Å². The first-order valence-corrected chi connectivity index (χ1v) is 9.07. The van der Waals surface area contributed by atoms with Crippen molar-refractivity contribution < 1.29 is 39.5 Å². The van der Waals surface area contributed by atoms with Crippen molar-refractivity contribution >= 4 is 11.0 Å². The predicted octanol–water partition coefficient (Wildman–Crippen LogP) is 7.28. The number of aromatic nitrogens is 3. The van der Waals surface area contributed by atoms with Gasteiger partial charge in [-0.3, -0.25) is 4.98 Å².